The maximum atomic E-state index is 2.43. The number of hydrogen-bond acceptors (Lipinski definition) is 1. The van der Waals surface area contributed by atoms with Crippen molar-refractivity contribution < 1.29 is 0 Å². The Morgan fingerprint density at radius 3 is 2.16 bits per heavy atom. The first-order valence-electron chi connectivity index (χ1n) is 9.18. The molecule has 0 heterocycles. The van der Waals surface area contributed by atoms with E-state index in [1.807, 2.05) is 0 Å². The van der Waals surface area contributed by atoms with E-state index in [4.69, 9.17) is 0 Å². The Kier molecular flexibility index (Phi) is 5.13. The Morgan fingerprint density at radius 2 is 1.44 bits per heavy atom. The van der Waals surface area contributed by atoms with Gasteiger partial charge in [-0.2, -0.15) is 0 Å². The molecule has 1 atom stereocenters. The molecular weight excluding hydrogens is 302 g/mol. The molecule has 0 aliphatic carbocycles. The van der Waals surface area contributed by atoms with Gasteiger partial charge >= 0.3 is 0 Å². The van der Waals surface area contributed by atoms with Crippen LogP contribution in [-0.2, 0) is 6.42 Å². The Balaban J connectivity index is 1.86. The van der Waals surface area contributed by atoms with Crippen LogP contribution in [-0.4, -0.2) is 13.6 Å². The van der Waals surface area contributed by atoms with Crippen LogP contribution in [0.5, 0.6) is 0 Å². The zero-order valence-electron chi connectivity index (χ0n) is 15.9. The highest BCUT2D eigenvalue weighted by atomic mass is 15.1. The Labute approximate surface area is 152 Å². The molecule has 1 unspecified atom stereocenters. The van der Waals surface area contributed by atoms with Crippen molar-refractivity contribution in [2.45, 2.75) is 27.2 Å². The van der Waals surface area contributed by atoms with Gasteiger partial charge in [0.25, 0.3) is 0 Å². The fourth-order valence-electron chi connectivity index (χ4n) is 3.51. The Bertz CT molecular complexity index is 809. The molecule has 0 saturated heterocycles. The maximum absolute atomic E-state index is 2.43. The minimum absolute atomic E-state index is 0.259. The van der Waals surface area contributed by atoms with Gasteiger partial charge < -0.3 is 4.90 Å². The average molecular weight is 332 g/mol. The zero-order chi connectivity index (χ0) is 17.9. The highest BCUT2D eigenvalue weighted by Crippen LogP contribution is 2.33. The summed E-state index contributed by atoms with van der Waals surface area (Å²) in [5.74, 6) is 0.582. The third-order valence-corrected chi connectivity index (χ3v) is 5.22. The fraction of sp³-hybridized carbons (Fsp3) is 0.333. The molecule has 1 heteroatoms. The van der Waals surface area contributed by atoms with Gasteiger partial charge in [0.15, 0.2) is 0 Å². The van der Waals surface area contributed by atoms with Gasteiger partial charge in [-0.1, -0.05) is 87.5 Å². The summed E-state index contributed by atoms with van der Waals surface area (Å²) in [7, 11) is 2.23. The van der Waals surface area contributed by atoms with Crippen molar-refractivity contribution >= 4 is 16.5 Å². The predicted octanol–water partition coefficient (Wildman–Crippen LogP) is 6.18. The van der Waals surface area contributed by atoms with E-state index in [-0.39, 0.29) is 5.41 Å². The van der Waals surface area contributed by atoms with Crippen LogP contribution in [0.3, 0.4) is 0 Å². The molecule has 3 aromatic carbocycles. The average Bonchev–Trinajstić information content (AvgIpc) is 2.60. The molecule has 130 valence electrons. The molecule has 0 bridgehead atoms. The van der Waals surface area contributed by atoms with Gasteiger partial charge in [0.1, 0.15) is 0 Å². The lowest BCUT2D eigenvalue weighted by Gasteiger charge is -2.35. The molecule has 0 N–H and O–H groups in total. The van der Waals surface area contributed by atoms with Crippen LogP contribution >= 0.6 is 0 Å². The van der Waals surface area contributed by atoms with Crippen molar-refractivity contribution in [3.8, 4) is 0 Å². The highest BCUT2D eigenvalue weighted by molar-refractivity contribution is 5.94. The van der Waals surface area contributed by atoms with E-state index in [0.29, 0.717) is 5.92 Å². The normalized spacial score (nSPS) is 13.0. The van der Waals surface area contributed by atoms with E-state index in [2.05, 4.69) is 106 Å². The van der Waals surface area contributed by atoms with Crippen LogP contribution in [0.25, 0.3) is 10.8 Å². The second-order valence-electron chi connectivity index (χ2n) is 8.13. The summed E-state index contributed by atoms with van der Waals surface area (Å²) in [6.07, 6.45) is 1.11. The first-order chi connectivity index (χ1) is 11.9. The molecule has 25 heavy (non-hydrogen) atoms. The summed E-state index contributed by atoms with van der Waals surface area (Å²) in [5, 5.41) is 2.64. The van der Waals surface area contributed by atoms with E-state index in [0.717, 1.165) is 13.0 Å². The molecule has 1 nitrogen and oxygen atoms in total. The molecule has 0 aliphatic rings. The van der Waals surface area contributed by atoms with Crippen LogP contribution < -0.4 is 4.90 Å². The summed E-state index contributed by atoms with van der Waals surface area (Å²) in [6, 6.07) is 26.1. The topological polar surface area (TPSA) is 3.24 Å². The predicted molar refractivity (Wildman–Crippen MR) is 110 cm³/mol. The minimum Gasteiger partial charge on any atom is -0.374 e. The van der Waals surface area contributed by atoms with Gasteiger partial charge in [-0.15, -0.1) is 0 Å². The van der Waals surface area contributed by atoms with Gasteiger partial charge in [-0.05, 0) is 34.8 Å². The van der Waals surface area contributed by atoms with Crippen LogP contribution in [0.1, 0.15) is 26.3 Å². The number of rotatable bonds is 5. The molecule has 0 aromatic heterocycles. The third kappa shape index (κ3) is 4.22. The first kappa shape index (κ1) is 17.5. The van der Waals surface area contributed by atoms with Crippen molar-refractivity contribution in [1.82, 2.24) is 0 Å². The largest absolute Gasteiger partial charge is 0.374 e. The van der Waals surface area contributed by atoms with Gasteiger partial charge in [-0.3, -0.25) is 0 Å². The van der Waals surface area contributed by atoms with Gasteiger partial charge in [0.05, 0.1) is 0 Å². The Hall–Kier alpha value is -2.28. The molecule has 0 fully saturated rings. The molecule has 3 rings (SSSR count). The highest BCUT2D eigenvalue weighted by Gasteiger charge is 2.26. The van der Waals surface area contributed by atoms with Crippen LogP contribution in [0.2, 0.25) is 0 Å². The van der Waals surface area contributed by atoms with E-state index in [1.165, 1.54) is 22.0 Å². The third-order valence-electron chi connectivity index (χ3n) is 5.22. The first-order valence-corrected chi connectivity index (χ1v) is 9.18. The molecule has 0 amide bonds. The summed E-state index contributed by atoms with van der Waals surface area (Å²) in [5.41, 5.74) is 3.00. The molecule has 0 saturated carbocycles. The van der Waals surface area contributed by atoms with Crippen molar-refractivity contribution in [3.63, 3.8) is 0 Å². The van der Waals surface area contributed by atoms with Crippen LogP contribution in [0.4, 0.5) is 5.69 Å². The molecular formula is C24H29N. The van der Waals surface area contributed by atoms with E-state index < -0.39 is 0 Å². The molecule has 0 spiro atoms. The number of hydrogen-bond donors (Lipinski definition) is 0. The van der Waals surface area contributed by atoms with Gasteiger partial charge in [0.2, 0.25) is 0 Å². The second kappa shape index (κ2) is 7.31. The van der Waals surface area contributed by atoms with Gasteiger partial charge in [0, 0.05) is 24.7 Å². The standard InChI is InChI=1S/C24H29N/c1-24(2,3)21(17-19-11-6-5-7-12-19)18-25(4)23-16-10-14-20-13-8-9-15-22(20)23/h5-16,21H,17-18H2,1-4H3. The number of anilines is 1. The number of nitrogens with zero attached hydrogens (tertiary/aromatic N) is 1. The monoisotopic (exact) mass is 331 g/mol. The SMILES string of the molecule is CN(CC(Cc1ccccc1)C(C)(C)C)c1cccc2ccccc12. The van der Waals surface area contributed by atoms with Gasteiger partial charge in [-0.25, -0.2) is 0 Å². The van der Waals surface area contributed by atoms with Crippen molar-refractivity contribution in [2.24, 2.45) is 11.3 Å². The van der Waals surface area contributed by atoms with Crippen molar-refractivity contribution in [3.05, 3.63) is 78.4 Å². The summed E-state index contributed by atoms with van der Waals surface area (Å²) >= 11 is 0. The maximum Gasteiger partial charge on any atom is 0.0443 e. The second-order valence-corrected chi connectivity index (χ2v) is 8.13. The minimum atomic E-state index is 0.259. The lowest BCUT2D eigenvalue weighted by Crippen LogP contribution is -2.34. The van der Waals surface area contributed by atoms with Crippen molar-refractivity contribution in [1.29, 1.82) is 0 Å². The molecule has 0 aliphatic heterocycles. The smallest absolute Gasteiger partial charge is 0.0443 e. The lowest BCUT2D eigenvalue weighted by molar-refractivity contribution is 0.243. The fourth-order valence-corrected chi connectivity index (χ4v) is 3.51. The Morgan fingerprint density at radius 1 is 0.800 bits per heavy atom. The van der Waals surface area contributed by atoms with E-state index in [1.54, 1.807) is 0 Å². The van der Waals surface area contributed by atoms with Crippen molar-refractivity contribution in [2.75, 3.05) is 18.5 Å². The van der Waals surface area contributed by atoms with E-state index in [9.17, 15) is 0 Å². The lowest BCUT2D eigenvalue weighted by atomic mass is 9.77. The summed E-state index contributed by atoms with van der Waals surface area (Å²) in [6.45, 7) is 8.12. The summed E-state index contributed by atoms with van der Waals surface area (Å²) < 4.78 is 0. The summed E-state index contributed by atoms with van der Waals surface area (Å²) in [4.78, 5) is 2.43. The van der Waals surface area contributed by atoms with Crippen LogP contribution in [0.15, 0.2) is 72.8 Å². The number of benzene rings is 3. The molecule has 3 aromatic rings. The van der Waals surface area contributed by atoms with E-state index >= 15 is 0 Å². The zero-order valence-corrected chi connectivity index (χ0v) is 15.9. The molecule has 0 radical (unpaired) electrons. The quantitative estimate of drug-likeness (QED) is 0.539. The number of fused-ring (bicyclic) bond motifs is 1. The van der Waals surface area contributed by atoms with Crippen LogP contribution in [0, 0.1) is 11.3 Å².